The van der Waals surface area contributed by atoms with Gasteiger partial charge in [0.15, 0.2) is 0 Å². The molecular formula is C6H4ClN3. The van der Waals surface area contributed by atoms with Crippen LogP contribution >= 0.6 is 11.6 Å². The van der Waals surface area contributed by atoms with Crippen molar-refractivity contribution in [2.45, 2.75) is 0 Å². The second-order valence-electron chi connectivity index (χ2n) is 1.87. The van der Waals surface area contributed by atoms with Gasteiger partial charge in [-0.2, -0.15) is 0 Å². The van der Waals surface area contributed by atoms with Crippen LogP contribution < -0.4 is 0 Å². The van der Waals surface area contributed by atoms with Crippen molar-refractivity contribution < 1.29 is 0 Å². The zero-order valence-corrected chi connectivity index (χ0v) is 5.78. The number of hydrogen-bond donors (Lipinski definition) is 0. The van der Waals surface area contributed by atoms with Crippen LogP contribution in [0, 0.1) is 0 Å². The molecule has 0 radical (unpaired) electrons. The Morgan fingerprint density at radius 3 is 3.10 bits per heavy atom. The number of imidazole rings is 1. The minimum absolute atomic E-state index is 0.586. The molecule has 2 rings (SSSR count). The molecule has 0 saturated carbocycles. The maximum absolute atomic E-state index is 5.73. The van der Waals surface area contributed by atoms with Gasteiger partial charge in [0.2, 0.25) is 5.78 Å². The van der Waals surface area contributed by atoms with Crippen molar-refractivity contribution in [1.82, 2.24) is 14.4 Å². The van der Waals surface area contributed by atoms with E-state index in [1.54, 1.807) is 22.9 Å². The Labute approximate surface area is 62.3 Å². The summed E-state index contributed by atoms with van der Waals surface area (Å²) in [5, 5.41) is 0.586. The number of rotatable bonds is 0. The van der Waals surface area contributed by atoms with Crippen molar-refractivity contribution in [1.29, 1.82) is 0 Å². The fraction of sp³-hybridized carbons (Fsp3) is 0. The van der Waals surface area contributed by atoms with E-state index in [0.29, 0.717) is 10.9 Å². The second-order valence-corrected chi connectivity index (χ2v) is 2.26. The van der Waals surface area contributed by atoms with E-state index < -0.39 is 0 Å². The number of aromatic nitrogens is 3. The molecule has 0 saturated heterocycles. The van der Waals surface area contributed by atoms with Crippen LogP contribution in [0.5, 0.6) is 0 Å². The van der Waals surface area contributed by atoms with Gasteiger partial charge in [-0.25, -0.2) is 9.97 Å². The molecule has 10 heavy (non-hydrogen) atoms. The first-order valence-electron chi connectivity index (χ1n) is 2.81. The Morgan fingerprint density at radius 1 is 1.40 bits per heavy atom. The molecule has 50 valence electrons. The summed E-state index contributed by atoms with van der Waals surface area (Å²) in [6, 6.07) is 1.81. The van der Waals surface area contributed by atoms with Gasteiger partial charge in [-0.05, 0) is 6.07 Å². The van der Waals surface area contributed by atoms with Crippen molar-refractivity contribution in [3.8, 4) is 0 Å². The Kier molecular flexibility index (Phi) is 1.11. The molecule has 0 amide bonds. The van der Waals surface area contributed by atoms with Gasteiger partial charge in [0.25, 0.3) is 0 Å². The maximum Gasteiger partial charge on any atom is 0.234 e. The summed E-state index contributed by atoms with van der Waals surface area (Å²) in [6.45, 7) is 0. The van der Waals surface area contributed by atoms with Crippen molar-refractivity contribution >= 4 is 17.4 Å². The second kappa shape index (κ2) is 1.95. The van der Waals surface area contributed by atoms with Crippen LogP contribution in [-0.2, 0) is 0 Å². The van der Waals surface area contributed by atoms with Gasteiger partial charge in [-0.1, -0.05) is 11.6 Å². The van der Waals surface area contributed by atoms with E-state index in [1.165, 1.54) is 0 Å². The molecule has 3 nitrogen and oxygen atoms in total. The predicted octanol–water partition coefficient (Wildman–Crippen LogP) is 1.38. The van der Waals surface area contributed by atoms with E-state index in [-0.39, 0.29) is 0 Å². The fourth-order valence-corrected chi connectivity index (χ4v) is 0.979. The number of hydrogen-bond acceptors (Lipinski definition) is 2. The lowest BCUT2D eigenvalue weighted by Gasteiger charge is -1.89. The van der Waals surface area contributed by atoms with Crippen LogP contribution in [0.4, 0.5) is 0 Å². The van der Waals surface area contributed by atoms with Crippen LogP contribution in [0.1, 0.15) is 0 Å². The lowest BCUT2D eigenvalue weighted by molar-refractivity contribution is 1.11. The van der Waals surface area contributed by atoms with E-state index in [1.807, 2.05) is 6.20 Å². The quantitative estimate of drug-likeness (QED) is 0.573. The molecule has 0 aromatic carbocycles. The first-order valence-corrected chi connectivity index (χ1v) is 3.19. The van der Waals surface area contributed by atoms with E-state index in [2.05, 4.69) is 9.97 Å². The molecule has 0 unspecified atom stereocenters. The first-order chi connectivity index (χ1) is 4.88. The highest BCUT2D eigenvalue weighted by Gasteiger charge is 1.96. The van der Waals surface area contributed by atoms with Crippen molar-refractivity contribution in [2.75, 3.05) is 0 Å². The third-order valence-corrected chi connectivity index (χ3v) is 1.52. The Hall–Kier alpha value is -1.09. The van der Waals surface area contributed by atoms with Crippen molar-refractivity contribution in [3.05, 3.63) is 29.8 Å². The molecule has 2 aromatic heterocycles. The number of halogens is 1. The Balaban J connectivity index is 2.93. The molecule has 2 aromatic rings. The van der Waals surface area contributed by atoms with Gasteiger partial charge in [0, 0.05) is 12.4 Å². The standard InChI is InChI=1S/C6H4ClN3/c7-5-4-9-6-8-2-1-3-10(5)6/h1-4H. The summed E-state index contributed by atoms with van der Waals surface area (Å²) in [4.78, 5) is 7.91. The smallest absolute Gasteiger partial charge is 0.234 e. The summed E-state index contributed by atoms with van der Waals surface area (Å²) < 4.78 is 1.71. The van der Waals surface area contributed by atoms with Crippen molar-refractivity contribution in [2.24, 2.45) is 0 Å². The van der Waals surface area contributed by atoms with Gasteiger partial charge >= 0.3 is 0 Å². The zero-order valence-electron chi connectivity index (χ0n) is 5.03. The molecule has 2 heterocycles. The summed E-state index contributed by atoms with van der Waals surface area (Å²) in [6.07, 6.45) is 5.07. The highest BCUT2D eigenvalue weighted by atomic mass is 35.5. The van der Waals surface area contributed by atoms with E-state index in [9.17, 15) is 0 Å². The normalized spacial score (nSPS) is 10.5. The first kappa shape index (κ1) is 5.68. The number of nitrogens with zero attached hydrogens (tertiary/aromatic N) is 3. The topological polar surface area (TPSA) is 30.2 Å². The average molecular weight is 154 g/mol. The highest BCUT2D eigenvalue weighted by molar-refractivity contribution is 6.29. The van der Waals surface area contributed by atoms with Gasteiger partial charge in [-0.3, -0.25) is 4.40 Å². The minimum Gasteiger partial charge on any atom is -0.274 e. The molecule has 0 aliphatic rings. The summed E-state index contributed by atoms with van der Waals surface area (Å²) >= 11 is 5.73. The highest BCUT2D eigenvalue weighted by Crippen LogP contribution is 2.07. The van der Waals surface area contributed by atoms with Crippen LogP contribution in [0.15, 0.2) is 24.7 Å². The molecule has 0 N–H and O–H groups in total. The van der Waals surface area contributed by atoms with Crippen LogP contribution in [-0.4, -0.2) is 14.4 Å². The SMILES string of the molecule is Clc1cnc2ncccn12. The molecule has 4 heteroatoms. The lowest BCUT2D eigenvalue weighted by Crippen LogP contribution is -1.84. The molecule has 0 spiro atoms. The molecule has 0 fully saturated rings. The third-order valence-electron chi connectivity index (χ3n) is 1.24. The fourth-order valence-electron chi connectivity index (χ4n) is 0.799. The van der Waals surface area contributed by atoms with Gasteiger partial charge < -0.3 is 0 Å². The van der Waals surface area contributed by atoms with Crippen LogP contribution in [0.2, 0.25) is 5.15 Å². The molecule has 0 aliphatic heterocycles. The summed E-state index contributed by atoms with van der Waals surface area (Å²) in [5.74, 6) is 0.632. The van der Waals surface area contributed by atoms with E-state index in [0.717, 1.165) is 0 Å². The molecular weight excluding hydrogens is 150 g/mol. The van der Waals surface area contributed by atoms with Crippen LogP contribution in [0.3, 0.4) is 0 Å². The van der Waals surface area contributed by atoms with Crippen LogP contribution in [0.25, 0.3) is 5.78 Å². The maximum atomic E-state index is 5.73. The Morgan fingerprint density at radius 2 is 2.30 bits per heavy atom. The molecule has 0 bridgehead atoms. The summed E-state index contributed by atoms with van der Waals surface area (Å²) in [5.41, 5.74) is 0. The molecule has 0 aliphatic carbocycles. The summed E-state index contributed by atoms with van der Waals surface area (Å²) in [7, 11) is 0. The van der Waals surface area contributed by atoms with Gasteiger partial charge in [0.05, 0.1) is 6.20 Å². The molecule has 0 atom stereocenters. The van der Waals surface area contributed by atoms with E-state index in [4.69, 9.17) is 11.6 Å². The monoisotopic (exact) mass is 153 g/mol. The Bertz CT molecular complexity index is 355. The van der Waals surface area contributed by atoms with Crippen molar-refractivity contribution in [3.63, 3.8) is 0 Å². The number of fused-ring (bicyclic) bond motifs is 1. The van der Waals surface area contributed by atoms with Gasteiger partial charge in [-0.15, -0.1) is 0 Å². The average Bonchev–Trinajstić information content (AvgIpc) is 2.34. The van der Waals surface area contributed by atoms with E-state index >= 15 is 0 Å². The minimum atomic E-state index is 0.586. The lowest BCUT2D eigenvalue weighted by atomic mass is 10.7. The third kappa shape index (κ3) is 0.675. The zero-order chi connectivity index (χ0) is 6.97. The van der Waals surface area contributed by atoms with Gasteiger partial charge in [0.1, 0.15) is 5.15 Å². The predicted molar refractivity (Wildman–Crippen MR) is 38.0 cm³/mol. The largest absolute Gasteiger partial charge is 0.274 e.